The minimum absolute atomic E-state index is 0.193. The lowest BCUT2D eigenvalue weighted by molar-refractivity contribution is 0.414. The summed E-state index contributed by atoms with van der Waals surface area (Å²) >= 11 is 2.21. The van der Waals surface area contributed by atoms with Crippen molar-refractivity contribution >= 4 is 22.6 Å². The molecule has 0 fully saturated rings. The molecule has 2 rings (SSSR count). The van der Waals surface area contributed by atoms with Gasteiger partial charge < -0.3 is 4.52 Å². The summed E-state index contributed by atoms with van der Waals surface area (Å²) in [4.78, 5) is 11.2. The highest BCUT2D eigenvalue weighted by Crippen LogP contribution is 2.16. The Kier molecular flexibility index (Phi) is 2.22. The molecule has 2 aromatic rings. The third-order valence-electron chi connectivity index (χ3n) is 1.73. The first kappa shape index (κ1) is 8.55. The first-order valence-electron chi connectivity index (χ1n) is 3.69. The fraction of sp³-hybridized carbons (Fsp3) is 0. The van der Waals surface area contributed by atoms with E-state index in [-0.39, 0.29) is 5.56 Å². The summed E-state index contributed by atoms with van der Waals surface area (Å²) in [5.74, 6) is 0. The van der Waals surface area contributed by atoms with E-state index < -0.39 is 0 Å². The van der Waals surface area contributed by atoms with Crippen LogP contribution in [0.25, 0.3) is 11.1 Å². The molecule has 0 aliphatic rings. The summed E-state index contributed by atoms with van der Waals surface area (Å²) in [7, 11) is 0. The molecule has 3 nitrogen and oxygen atoms in total. The van der Waals surface area contributed by atoms with Crippen molar-refractivity contribution in [2.24, 2.45) is 0 Å². The molecule has 0 saturated carbocycles. The Balaban J connectivity index is 2.54. The van der Waals surface area contributed by atoms with E-state index in [4.69, 9.17) is 4.52 Å². The van der Waals surface area contributed by atoms with Crippen molar-refractivity contribution in [2.45, 2.75) is 0 Å². The zero-order chi connectivity index (χ0) is 9.26. The second kappa shape index (κ2) is 3.37. The standard InChI is InChI=1S/C9H6INO2/c10-7-3-1-6(2-4-7)8-5-13-11-9(8)12/h1-5H,(H,11,12). The summed E-state index contributed by atoms with van der Waals surface area (Å²) in [6.07, 6.45) is 1.42. The van der Waals surface area contributed by atoms with Crippen molar-refractivity contribution in [3.8, 4) is 11.1 Å². The summed E-state index contributed by atoms with van der Waals surface area (Å²) in [6, 6.07) is 7.68. The van der Waals surface area contributed by atoms with E-state index in [1.807, 2.05) is 24.3 Å². The number of nitrogens with one attached hydrogen (secondary N) is 1. The molecule has 1 heterocycles. The van der Waals surface area contributed by atoms with Crippen LogP contribution in [0.3, 0.4) is 0 Å². The lowest BCUT2D eigenvalue weighted by Crippen LogP contribution is -2.00. The van der Waals surface area contributed by atoms with Crippen LogP contribution in [0.4, 0.5) is 0 Å². The number of benzene rings is 1. The highest BCUT2D eigenvalue weighted by molar-refractivity contribution is 14.1. The molecule has 0 spiro atoms. The SMILES string of the molecule is O=c1[nH]occ1-c1ccc(I)cc1. The smallest absolute Gasteiger partial charge is 0.287 e. The Morgan fingerprint density at radius 3 is 2.46 bits per heavy atom. The molecular formula is C9H6INO2. The van der Waals surface area contributed by atoms with Gasteiger partial charge in [0.25, 0.3) is 5.56 Å². The molecular weight excluding hydrogens is 281 g/mol. The van der Waals surface area contributed by atoms with Crippen LogP contribution >= 0.6 is 22.6 Å². The molecule has 1 aromatic heterocycles. The average molecular weight is 287 g/mol. The number of hydrogen-bond acceptors (Lipinski definition) is 2. The van der Waals surface area contributed by atoms with E-state index in [1.165, 1.54) is 6.26 Å². The van der Waals surface area contributed by atoms with E-state index in [0.29, 0.717) is 5.56 Å². The molecule has 1 N–H and O–H groups in total. The quantitative estimate of drug-likeness (QED) is 0.818. The number of rotatable bonds is 1. The van der Waals surface area contributed by atoms with Crippen LogP contribution in [0, 0.1) is 3.57 Å². The van der Waals surface area contributed by atoms with Crippen molar-refractivity contribution in [3.63, 3.8) is 0 Å². The fourth-order valence-corrected chi connectivity index (χ4v) is 1.44. The zero-order valence-corrected chi connectivity index (χ0v) is 8.74. The highest BCUT2D eigenvalue weighted by atomic mass is 127. The normalized spacial score (nSPS) is 10.2. The van der Waals surface area contributed by atoms with Gasteiger partial charge in [-0.05, 0) is 40.3 Å². The first-order valence-corrected chi connectivity index (χ1v) is 4.77. The number of aromatic nitrogens is 1. The van der Waals surface area contributed by atoms with Crippen molar-refractivity contribution in [3.05, 3.63) is 44.5 Å². The van der Waals surface area contributed by atoms with E-state index >= 15 is 0 Å². The molecule has 1 aromatic carbocycles. The molecule has 0 amide bonds. The average Bonchev–Trinajstić information content (AvgIpc) is 2.53. The number of halogens is 1. The van der Waals surface area contributed by atoms with Gasteiger partial charge in [-0.1, -0.05) is 12.1 Å². The minimum atomic E-state index is -0.193. The summed E-state index contributed by atoms with van der Waals surface area (Å²) in [5.41, 5.74) is 1.24. The van der Waals surface area contributed by atoms with E-state index in [1.54, 1.807) is 0 Å². The molecule has 0 aliphatic heterocycles. The third kappa shape index (κ3) is 1.67. The Hall–Kier alpha value is -1.04. The summed E-state index contributed by atoms with van der Waals surface area (Å²) in [5, 5.41) is 2.25. The van der Waals surface area contributed by atoms with Gasteiger partial charge in [-0.25, -0.2) is 0 Å². The molecule has 4 heteroatoms. The Morgan fingerprint density at radius 1 is 1.23 bits per heavy atom. The van der Waals surface area contributed by atoms with Crippen LogP contribution < -0.4 is 5.56 Å². The van der Waals surface area contributed by atoms with Crippen LogP contribution in [-0.2, 0) is 0 Å². The van der Waals surface area contributed by atoms with Crippen molar-refractivity contribution in [1.82, 2.24) is 5.16 Å². The Labute approximate surface area is 87.9 Å². The maximum absolute atomic E-state index is 11.2. The lowest BCUT2D eigenvalue weighted by Gasteiger charge is -1.94. The Morgan fingerprint density at radius 2 is 1.92 bits per heavy atom. The Bertz CT molecular complexity index is 455. The monoisotopic (exact) mass is 287 g/mol. The molecule has 13 heavy (non-hydrogen) atoms. The maximum Gasteiger partial charge on any atom is 0.287 e. The molecule has 0 bridgehead atoms. The van der Waals surface area contributed by atoms with Crippen molar-refractivity contribution < 1.29 is 4.52 Å². The van der Waals surface area contributed by atoms with Crippen molar-refractivity contribution in [2.75, 3.05) is 0 Å². The molecule has 0 aliphatic carbocycles. The van der Waals surface area contributed by atoms with Gasteiger partial charge in [0.05, 0.1) is 5.56 Å². The van der Waals surface area contributed by atoms with Gasteiger partial charge in [0.1, 0.15) is 6.26 Å². The van der Waals surface area contributed by atoms with E-state index in [0.717, 1.165) is 9.13 Å². The van der Waals surface area contributed by atoms with Crippen LogP contribution in [0.15, 0.2) is 39.8 Å². The molecule has 0 saturated heterocycles. The van der Waals surface area contributed by atoms with E-state index in [2.05, 4.69) is 27.7 Å². The van der Waals surface area contributed by atoms with Gasteiger partial charge in [0.2, 0.25) is 0 Å². The number of H-pyrrole nitrogens is 1. The van der Waals surface area contributed by atoms with Crippen LogP contribution in [0.5, 0.6) is 0 Å². The zero-order valence-electron chi connectivity index (χ0n) is 6.58. The highest BCUT2D eigenvalue weighted by Gasteiger charge is 2.03. The van der Waals surface area contributed by atoms with Gasteiger partial charge in [-0.15, -0.1) is 0 Å². The number of hydrogen-bond donors (Lipinski definition) is 1. The van der Waals surface area contributed by atoms with Gasteiger partial charge >= 0.3 is 0 Å². The molecule has 0 unspecified atom stereocenters. The van der Waals surface area contributed by atoms with Gasteiger partial charge in [-0.3, -0.25) is 4.79 Å². The first-order chi connectivity index (χ1) is 6.27. The topological polar surface area (TPSA) is 46.0 Å². The predicted molar refractivity (Wildman–Crippen MR) is 57.5 cm³/mol. The van der Waals surface area contributed by atoms with Gasteiger partial charge in [0.15, 0.2) is 0 Å². The second-order valence-electron chi connectivity index (χ2n) is 2.59. The molecule has 0 atom stereocenters. The fourth-order valence-electron chi connectivity index (χ4n) is 1.08. The van der Waals surface area contributed by atoms with Crippen LogP contribution in [0.2, 0.25) is 0 Å². The summed E-state index contributed by atoms with van der Waals surface area (Å²) < 4.78 is 5.83. The maximum atomic E-state index is 11.2. The minimum Gasteiger partial charge on any atom is -0.386 e. The predicted octanol–water partition coefficient (Wildman–Crippen LogP) is 2.24. The summed E-state index contributed by atoms with van der Waals surface area (Å²) in [6.45, 7) is 0. The largest absolute Gasteiger partial charge is 0.386 e. The second-order valence-corrected chi connectivity index (χ2v) is 3.83. The van der Waals surface area contributed by atoms with Crippen molar-refractivity contribution in [1.29, 1.82) is 0 Å². The van der Waals surface area contributed by atoms with Crippen LogP contribution in [-0.4, -0.2) is 5.16 Å². The van der Waals surface area contributed by atoms with Gasteiger partial charge in [0, 0.05) is 3.57 Å². The molecule has 0 radical (unpaired) electrons. The third-order valence-corrected chi connectivity index (χ3v) is 2.45. The molecule has 66 valence electrons. The number of aromatic amines is 1. The van der Waals surface area contributed by atoms with E-state index in [9.17, 15) is 4.79 Å². The van der Waals surface area contributed by atoms with Gasteiger partial charge in [-0.2, -0.15) is 5.16 Å². The lowest BCUT2D eigenvalue weighted by atomic mass is 10.1. The van der Waals surface area contributed by atoms with Crippen LogP contribution in [0.1, 0.15) is 0 Å².